The number of rotatable bonds is 8. The third-order valence-electron chi connectivity index (χ3n) is 4.53. The number of benzene rings is 2. The summed E-state index contributed by atoms with van der Waals surface area (Å²) < 4.78 is 5.28. The fourth-order valence-electron chi connectivity index (χ4n) is 3.17. The van der Waals surface area contributed by atoms with Gasteiger partial charge in [0.1, 0.15) is 0 Å². The summed E-state index contributed by atoms with van der Waals surface area (Å²) in [5.41, 5.74) is 4.87. The Hall–Kier alpha value is -2.06. The first-order valence-corrected chi connectivity index (χ1v) is 9.44. The molecule has 0 unspecified atom stereocenters. The van der Waals surface area contributed by atoms with E-state index >= 15 is 0 Å². The number of methoxy groups -OCH3 is 1. The van der Waals surface area contributed by atoms with Crippen molar-refractivity contribution < 1.29 is 4.74 Å². The monoisotopic (exact) mass is 492 g/mol. The van der Waals surface area contributed by atoms with Gasteiger partial charge in [-0.05, 0) is 36.1 Å². The lowest BCUT2D eigenvalue weighted by Crippen LogP contribution is -2.38. The fraction of sp³-hybridized carbons (Fsp3) is 0.318. The Morgan fingerprint density at radius 2 is 1.75 bits per heavy atom. The van der Waals surface area contributed by atoms with E-state index in [0.717, 1.165) is 25.5 Å². The summed E-state index contributed by atoms with van der Waals surface area (Å²) in [7, 11) is 1.72. The SMILES string of the molecule is CCNC(=NCc1ccccc1COC)NCCc1c[nH]c2ccccc12.I. The van der Waals surface area contributed by atoms with Crippen LogP contribution in [0.1, 0.15) is 23.6 Å². The van der Waals surface area contributed by atoms with Gasteiger partial charge in [0.25, 0.3) is 0 Å². The van der Waals surface area contributed by atoms with Gasteiger partial charge in [-0.15, -0.1) is 24.0 Å². The van der Waals surface area contributed by atoms with E-state index in [1.54, 1.807) is 7.11 Å². The topological polar surface area (TPSA) is 61.4 Å². The molecule has 3 aromatic rings. The van der Waals surface area contributed by atoms with Crippen LogP contribution in [-0.4, -0.2) is 31.1 Å². The molecule has 1 aromatic heterocycles. The van der Waals surface area contributed by atoms with E-state index in [1.165, 1.54) is 27.6 Å². The molecule has 1 heterocycles. The van der Waals surface area contributed by atoms with E-state index in [0.29, 0.717) is 13.2 Å². The Morgan fingerprint density at radius 1 is 1.00 bits per heavy atom. The summed E-state index contributed by atoms with van der Waals surface area (Å²) in [4.78, 5) is 8.07. The van der Waals surface area contributed by atoms with E-state index in [-0.39, 0.29) is 24.0 Å². The minimum Gasteiger partial charge on any atom is -0.380 e. The maximum absolute atomic E-state index is 5.28. The number of hydrogen-bond donors (Lipinski definition) is 3. The van der Waals surface area contributed by atoms with Crippen molar-refractivity contribution in [2.45, 2.75) is 26.5 Å². The predicted molar refractivity (Wildman–Crippen MR) is 127 cm³/mol. The van der Waals surface area contributed by atoms with Crippen molar-refractivity contribution in [3.63, 3.8) is 0 Å². The van der Waals surface area contributed by atoms with Crippen molar-refractivity contribution in [1.29, 1.82) is 0 Å². The molecule has 0 bridgehead atoms. The lowest BCUT2D eigenvalue weighted by Gasteiger charge is -2.12. The first kappa shape index (κ1) is 22.2. The van der Waals surface area contributed by atoms with Crippen LogP contribution in [-0.2, 0) is 24.3 Å². The normalized spacial score (nSPS) is 11.3. The molecule has 0 amide bonds. The number of H-pyrrole nitrogens is 1. The standard InChI is InChI=1S/C22H28N4O.HI/c1-3-23-22(26-14-17-8-4-5-9-19(17)16-27-2)24-13-12-18-15-25-21-11-7-6-10-20(18)21;/h4-11,15,25H,3,12-14,16H2,1-2H3,(H2,23,24,26);1H. The van der Waals surface area contributed by atoms with Crippen LogP contribution in [0.5, 0.6) is 0 Å². The molecule has 0 atom stereocenters. The Bertz CT molecular complexity index is 891. The molecular formula is C22H29IN4O. The molecule has 0 fully saturated rings. The fourth-order valence-corrected chi connectivity index (χ4v) is 3.17. The summed E-state index contributed by atoms with van der Waals surface area (Å²) in [6.45, 7) is 4.97. The zero-order chi connectivity index (χ0) is 18.9. The van der Waals surface area contributed by atoms with Gasteiger partial charge in [-0.1, -0.05) is 42.5 Å². The Morgan fingerprint density at radius 3 is 2.54 bits per heavy atom. The second-order valence-electron chi connectivity index (χ2n) is 6.43. The van der Waals surface area contributed by atoms with Crippen LogP contribution in [0.3, 0.4) is 0 Å². The second-order valence-corrected chi connectivity index (χ2v) is 6.43. The van der Waals surface area contributed by atoms with Gasteiger partial charge >= 0.3 is 0 Å². The number of aliphatic imine (C=N–C) groups is 1. The number of ether oxygens (including phenoxy) is 1. The smallest absolute Gasteiger partial charge is 0.191 e. The molecule has 150 valence electrons. The summed E-state index contributed by atoms with van der Waals surface area (Å²) in [6.07, 6.45) is 3.03. The minimum atomic E-state index is 0. The third-order valence-corrected chi connectivity index (χ3v) is 4.53. The zero-order valence-electron chi connectivity index (χ0n) is 16.5. The average molecular weight is 492 g/mol. The number of halogens is 1. The van der Waals surface area contributed by atoms with Crippen LogP contribution in [0.4, 0.5) is 0 Å². The number of hydrogen-bond acceptors (Lipinski definition) is 2. The summed E-state index contributed by atoms with van der Waals surface area (Å²) in [6, 6.07) is 16.7. The van der Waals surface area contributed by atoms with Crippen molar-refractivity contribution in [1.82, 2.24) is 15.6 Å². The molecule has 0 spiro atoms. The van der Waals surface area contributed by atoms with E-state index < -0.39 is 0 Å². The molecule has 0 aliphatic carbocycles. The van der Waals surface area contributed by atoms with Crippen molar-refractivity contribution in [3.05, 3.63) is 71.4 Å². The lowest BCUT2D eigenvalue weighted by atomic mass is 10.1. The Labute approximate surface area is 184 Å². The number of aromatic amines is 1. The predicted octanol–water partition coefficient (Wildman–Crippen LogP) is 4.23. The average Bonchev–Trinajstić information content (AvgIpc) is 3.10. The first-order valence-electron chi connectivity index (χ1n) is 9.44. The van der Waals surface area contributed by atoms with Gasteiger partial charge in [0.2, 0.25) is 0 Å². The van der Waals surface area contributed by atoms with Crippen molar-refractivity contribution >= 4 is 40.8 Å². The van der Waals surface area contributed by atoms with Crippen LogP contribution in [0.25, 0.3) is 10.9 Å². The molecule has 0 saturated carbocycles. The van der Waals surface area contributed by atoms with Gasteiger partial charge in [0.05, 0.1) is 13.2 Å². The van der Waals surface area contributed by atoms with Crippen LogP contribution >= 0.6 is 24.0 Å². The zero-order valence-corrected chi connectivity index (χ0v) is 18.8. The highest BCUT2D eigenvalue weighted by Crippen LogP contribution is 2.17. The minimum absolute atomic E-state index is 0. The van der Waals surface area contributed by atoms with Gasteiger partial charge < -0.3 is 20.4 Å². The molecule has 3 rings (SSSR count). The van der Waals surface area contributed by atoms with Crippen LogP contribution in [0, 0.1) is 0 Å². The van der Waals surface area contributed by atoms with Gasteiger partial charge in [-0.2, -0.15) is 0 Å². The molecule has 2 aromatic carbocycles. The van der Waals surface area contributed by atoms with Crippen molar-refractivity contribution in [2.24, 2.45) is 4.99 Å². The molecule has 5 nitrogen and oxygen atoms in total. The summed E-state index contributed by atoms with van der Waals surface area (Å²) in [5.74, 6) is 0.838. The molecule has 28 heavy (non-hydrogen) atoms. The highest BCUT2D eigenvalue weighted by molar-refractivity contribution is 14.0. The molecule has 0 saturated heterocycles. The van der Waals surface area contributed by atoms with E-state index in [1.807, 2.05) is 12.1 Å². The van der Waals surface area contributed by atoms with Crippen molar-refractivity contribution in [3.8, 4) is 0 Å². The Balaban J connectivity index is 0.00000280. The molecule has 6 heteroatoms. The number of guanidine groups is 1. The van der Waals surface area contributed by atoms with Gasteiger partial charge in [0, 0.05) is 37.3 Å². The van der Waals surface area contributed by atoms with Gasteiger partial charge in [-0.25, -0.2) is 4.99 Å². The summed E-state index contributed by atoms with van der Waals surface area (Å²) >= 11 is 0. The number of nitrogens with one attached hydrogen (secondary N) is 3. The van der Waals surface area contributed by atoms with E-state index in [9.17, 15) is 0 Å². The molecule has 0 aliphatic heterocycles. The van der Waals surface area contributed by atoms with E-state index in [2.05, 4.69) is 65.1 Å². The second kappa shape index (κ2) is 11.7. The number of fused-ring (bicyclic) bond motifs is 1. The highest BCUT2D eigenvalue weighted by Gasteiger charge is 2.05. The third kappa shape index (κ3) is 5.97. The van der Waals surface area contributed by atoms with Gasteiger partial charge in [-0.3, -0.25) is 0 Å². The Kier molecular flexibility index (Phi) is 9.30. The molecular weight excluding hydrogens is 463 g/mol. The number of para-hydroxylation sites is 1. The maximum Gasteiger partial charge on any atom is 0.191 e. The van der Waals surface area contributed by atoms with Crippen LogP contribution < -0.4 is 10.6 Å². The maximum atomic E-state index is 5.28. The number of aromatic nitrogens is 1. The molecule has 3 N–H and O–H groups in total. The largest absolute Gasteiger partial charge is 0.380 e. The first-order chi connectivity index (χ1) is 13.3. The van der Waals surface area contributed by atoms with E-state index in [4.69, 9.17) is 9.73 Å². The van der Waals surface area contributed by atoms with Gasteiger partial charge in [0.15, 0.2) is 5.96 Å². The molecule has 0 aliphatic rings. The van der Waals surface area contributed by atoms with Crippen LogP contribution in [0.15, 0.2) is 59.7 Å². The number of nitrogens with zero attached hydrogens (tertiary/aromatic N) is 1. The lowest BCUT2D eigenvalue weighted by molar-refractivity contribution is 0.184. The molecule has 0 radical (unpaired) electrons. The van der Waals surface area contributed by atoms with Crippen molar-refractivity contribution in [2.75, 3.05) is 20.2 Å². The summed E-state index contributed by atoms with van der Waals surface area (Å²) in [5, 5.41) is 8.05. The quantitative estimate of drug-likeness (QED) is 0.251. The highest BCUT2D eigenvalue weighted by atomic mass is 127. The van der Waals surface area contributed by atoms with Crippen LogP contribution in [0.2, 0.25) is 0 Å².